The van der Waals surface area contributed by atoms with Gasteiger partial charge in [-0.15, -0.1) is 11.3 Å². The monoisotopic (exact) mass is 261 g/mol. The number of benzene rings is 1. The van der Waals surface area contributed by atoms with Gasteiger partial charge in [0.05, 0.1) is 11.1 Å². The van der Waals surface area contributed by atoms with E-state index in [2.05, 4.69) is 5.32 Å². The molecule has 0 aliphatic carbocycles. The highest BCUT2D eigenvalue weighted by Crippen LogP contribution is 2.23. The fourth-order valence-electron chi connectivity index (χ4n) is 1.38. The molecule has 1 aromatic carbocycles. The van der Waals surface area contributed by atoms with Crippen LogP contribution in [0.2, 0.25) is 0 Å². The fourth-order valence-corrected chi connectivity index (χ4v) is 2.11. The standard InChI is InChI=1S/C12H8FN3OS/c13-10-2-1-8(15)5-9(10)11(17)16-12-7(6-14)3-4-18-12/h1-5H,15H2,(H,16,17). The summed E-state index contributed by atoms with van der Waals surface area (Å²) in [6, 6.07) is 7.27. The second kappa shape index (κ2) is 4.85. The number of carbonyl (C=O) groups excluding carboxylic acids is 1. The Hall–Kier alpha value is -2.39. The Morgan fingerprint density at radius 3 is 2.94 bits per heavy atom. The van der Waals surface area contributed by atoms with Crippen LogP contribution in [0.4, 0.5) is 15.1 Å². The maximum Gasteiger partial charge on any atom is 0.259 e. The van der Waals surface area contributed by atoms with Crippen LogP contribution >= 0.6 is 11.3 Å². The molecule has 0 saturated carbocycles. The maximum absolute atomic E-state index is 13.5. The van der Waals surface area contributed by atoms with Crippen LogP contribution in [0.15, 0.2) is 29.6 Å². The van der Waals surface area contributed by atoms with Gasteiger partial charge in [-0.2, -0.15) is 5.26 Å². The molecule has 0 aliphatic rings. The first-order valence-corrected chi connectivity index (χ1v) is 5.83. The Morgan fingerprint density at radius 2 is 2.22 bits per heavy atom. The summed E-state index contributed by atoms with van der Waals surface area (Å²) in [7, 11) is 0. The number of nitriles is 1. The minimum atomic E-state index is -0.656. The van der Waals surface area contributed by atoms with Gasteiger partial charge in [0.15, 0.2) is 0 Å². The molecule has 0 bridgehead atoms. The Kier molecular flexibility index (Phi) is 3.26. The fraction of sp³-hybridized carbons (Fsp3) is 0. The number of nitrogens with one attached hydrogen (secondary N) is 1. The number of hydrogen-bond donors (Lipinski definition) is 2. The van der Waals surface area contributed by atoms with E-state index in [0.717, 1.165) is 6.07 Å². The molecule has 0 fully saturated rings. The molecule has 0 saturated heterocycles. The summed E-state index contributed by atoms with van der Waals surface area (Å²) in [5, 5.41) is 13.4. The predicted octanol–water partition coefficient (Wildman–Crippen LogP) is 2.59. The van der Waals surface area contributed by atoms with Crippen molar-refractivity contribution < 1.29 is 9.18 Å². The SMILES string of the molecule is N#Cc1ccsc1NC(=O)c1cc(N)ccc1F. The number of anilines is 2. The molecule has 2 aromatic rings. The number of nitrogens with two attached hydrogens (primary N) is 1. The first kappa shape index (κ1) is 12.1. The third-order valence-electron chi connectivity index (χ3n) is 2.25. The second-order valence-corrected chi connectivity index (χ2v) is 4.38. The van der Waals surface area contributed by atoms with E-state index in [0.29, 0.717) is 16.3 Å². The molecule has 1 aromatic heterocycles. The van der Waals surface area contributed by atoms with Crippen molar-refractivity contribution in [3.63, 3.8) is 0 Å². The topological polar surface area (TPSA) is 78.9 Å². The Bertz CT molecular complexity index is 645. The summed E-state index contributed by atoms with van der Waals surface area (Å²) in [6.45, 7) is 0. The minimum Gasteiger partial charge on any atom is -0.399 e. The number of nitrogens with zero attached hydrogens (tertiary/aromatic N) is 1. The van der Waals surface area contributed by atoms with Gasteiger partial charge in [-0.05, 0) is 29.6 Å². The molecular formula is C12H8FN3OS. The van der Waals surface area contributed by atoms with Crippen LogP contribution in [0.25, 0.3) is 0 Å². The van der Waals surface area contributed by atoms with Gasteiger partial charge in [-0.3, -0.25) is 4.79 Å². The van der Waals surface area contributed by atoms with Crippen molar-refractivity contribution in [3.05, 3.63) is 46.6 Å². The highest BCUT2D eigenvalue weighted by molar-refractivity contribution is 7.14. The Labute approximate surface area is 106 Å². The number of nitrogen functional groups attached to an aromatic ring is 1. The summed E-state index contributed by atoms with van der Waals surface area (Å²) in [5.74, 6) is -1.28. The molecule has 0 atom stereocenters. The lowest BCUT2D eigenvalue weighted by Gasteiger charge is -2.05. The molecule has 2 rings (SSSR count). The normalized spacial score (nSPS) is 9.78. The number of carbonyl (C=O) groups is 1. The number of halogens is 1. The van der Waals surface area contributed by atoms with Crippen LogP contribution in [-0.4, -0.2) is 5.91 Å². The molecule has 4 nitrogen and oxygen atoms in total. The van der Waals surface area contributed by atoms with Crippen LogP contribution in [0, 0.1) is 17.1 Å². The van der Waals surface area contributed by atoms with E-state index in [4.69, 9.17) is 11.0 Å². The van der Waals surface area contributed by atoms with Crippen LogP contribution in [0.1, 0.15) is 15.9 Å². The highest BCUT2D eigenvalue weighted by atomic mass is 32.1. The van der Waals surface area contributed by atoms with Gasteiger partial charge in [0.2, 0.25) is 0 Å². The zero-order valence-corrected chi connectivity index (χ0v) is 9.92. The molecule has 0 unspecified atom stereocenters. The summed E-state index contributed by atoms with van der Waals surface area (Å²) in [6.07, 6.45) is 0. The van der Waals surface area contributed by atoms with Crippen molar-refractivity contribution in [2.45, 2.75) is 0 Å². The molecule has 0 radical (unpaired) electrons. The number of amides is 1. The van der Waals surface area contributed by atoms with Gasteiger partial charge in [0.25, 0.3) is 5.91 Å². The third-order valence-corrected chi connectivity index (χ3v) is 3.08. The van der Waals surface area contributed by atoms with E-state index in [1.807, 2.05) is 6.07 Å². The quantitative estimate of drug-likeness (QED) is 0.815. The maximum atomic E-state index is 13.5. The predicted molar refractivity (Wildman–Crippen MR) is 67.8 cm³/mol. The molecule has 3 N–H and O–H groups in total. The largest absolute Gasteiger partial charge is 0.399 e. The van der Waals surface area contributed by atoms with E-state index >= 15 is 0 Å². The molecule has 0 aliphatic heterocycles. The van der Waals surface area contributed by atoms with Gasteiger partial charge < -0.3 is 11.1 Å². The molecule has 18 heavy (non-hydrogen) atoms. The van der Waals surface area contributed by atoms with Crippen molar-refractivity contribution >= 4 is 27.9 Å². The smallest absolute Gasteiger partial charge is 0.259 e. The first-order valence-electron chi connectivity index (χ1n) is 4.96. The average molecular weight is 261 g/mol. The summed E-state index contributed by atoms with van der Waals surface area (Å²) in [5.41, 5.74) is 6.00. The Morgan fingerprint density at radius 1 is 1.44 bits per heavy atom. The van der Waals surface area contributed by atoms with Crippen molar-refractivity contribution in [3.8, 4) is 6.07 Å². The van der Waals surface area contributed by atoms with Gasteiger partial charge in [0, 0.05) is 5.69 Å². The van der Waals surface area contributed by atoms with Gasteiger partial charge in [0.1, 0.15) is 16.9 Å². The van der Waals surface area contributed by atoms with Crippen molar-refractivity contribution in [2.24, 2.45) is 0 Å². The van der Waals surface area contributed by atoms with Crippen LogP contribution in [-0.2, 0) is 0 Å². The van der Waals surface area contributed by atoms with E-state index < -0.39 is 11.7 Å². The third kappa shape index (κ3) is 2.31. The molecule has 1 heterocycles. The van der Waals surface area contributed by atoms with Crippen LogP contribution in [0.5, 0.6) is 0 Å². The van der Waals surface area contributed by atoms with Crippen LogP contribution < -0.4 is 11.1 Å². The Balaban J connectivity index is 2.28. The lowest BCUT2D eigenvalue weighted by molar-refractivity contribution is 0.102. The van der Waals surface area contributed by atoms with Crippen molar-refractivity contribution in [1.82, 2.24) is 0 Å². The lowest BCUT2D eigenvalue weighted by Crippen LogP contribution is -2.14. The molecule has 90 valence electrons. The van der Waals surface area contributed by atoms with Gasteiger partial charge in [-0.25, -0.2) is 4.39 Å². The van der Waals surface area contributed by atoms with E-state index in [1.165, 1.54) is 23.5 Å². The van der Waals surface area contributed by atoms with Gasteiger partial charge >= 0.3 is 0 Å². The zero-order valence-electron chi connectivity index (χ0n) is 9.11. The lowest BCUT2D eigenvalue weighted by atomic mass is 10.1. The van der Waals surface area contributed by atoms with Crippen molar-refractivity contribution in [1.29, 1.82) is 5.26 Å². The number of thiophene rings is 1. The number of rotatable bonds is 2. The molecule has 1 amide bonds. The van der Waals surface area contributed by atoms with Crippen LogP contribution in [0.3, 0.4) is 0 Å². The van der Waals surface area contributed by atoms with E-state index in [-0.39, 0.29) is 5.56 Å². The first-order chi connectivity index (χ1) is 8.61. The molecule has 0 spiro atoms. The summed E-state index contributed by atoms with van der Waals surface area (Å²) in [4.78, 5) is 11.8. The average Bonchev–Trinajstić information content (AvgIpc) is 2.79. The highest BCUT2D eigenvalue weighted by Gasteiger charge is 2.14. The summed E-state index contributed by atoms with van der Waals surface area (Å²) >= 11 is 1.20. The van der Waals surface area contributed by atoms with Crippen molar-refractivity contribution in [2.75, 3.05) is 11.1 Å². The molecule has 6 heteroatoms. The van der Waals surface area contributed by atoms with Gasteiger partial charge in [-0.1, -0.05) is 0 Å². The van der Waals surface area contributed by atoms with E-state index in [1.54, 1.807) is 11.4 Å². The zero-order chi connectivity index (χ0) is 13.1. The summed E-state index contributed by atoms with van der Waals surface area (Å²) < 4.78 is 13.5. The number of hydrogen-bond acceptors (Lipinski definition) is 4. The van der Waals surface area contributed by atoms with E-state index in [9.17, 15) is 9.18 Å². The second-order valence-electron chi connectivity index (χ2n) is 3.47. The minimum absolute atomic E-state index is 0.146. The molecular weight excluding hydrogens is 253 g/mol.